The number of hydrogen-bond acceptors (Lipinski definition) is 5. The standard InChI is InChI=1S/C13H12N2O3/c1-17-11-4-2-3-10(7-11)8-18-13(16)12-5-6-14-9-15-12/h2-7,9H,8H2,1H3. The zero-order valence-electron chi connectivity index (χ0n) is 9.87. The van der Waals surface area contributed by atoms with Crippen LogP contribution in [0.4, 0.5) is 0 Å². The number of rotatable bonds is 4. The summed E-state index contributed by atoms with van der Waals surface area (Å²) < 4.78 is 10.2. The van der Waals surface area contributed by atoms with Gasteiger partial charge in [0.05, 0.1) is 7.11 Å². The molecule has 0 aliphatic carbocycles. The van der Waals surface area contributed by atoms with Gasteiger partial charge < -0.3 is 9.47 Å². The molecule has 0 bridgehead atoms. The van der Waals surface area contributed by atoms with E-state index < -0.39 is 5.97 Å². The van der Waals surface area contributed by atoms with Crippen molar-refractivity contribution in [2.45, 2.75) is 6.61 Å². The molecule has 0 unspecified atom stereocenters. The van der Waals surface area contributed by atoms with E-state index in [2.05, 4.69) is 9.97 Å². The van der Waals surface area contributed by atoms with Crippen LogP contribution in [0.25, 0.3) is 0 Å². The molecule has 1 aromatic carbocycles. The van der Waals surface area contributed by atoms with Gasteiger partial charge in [0.25, 0.3) is 0 Å². The van der Waals surface area contributed by atoms with Crippen molar-refractivity contribution in [2.24, 2.45) is 0 Å². The molecule has 0 aliphatic heterocycles. The van der Waals surface area contributed by atoms with Crippen LogP contribution in [-0.2, 0) is 11.3 Å². The minimum Gasteiger partial charge on any atom is -0.497 e. The summed E-state index contributed by atoms with van der Waals surface area (Å²) in [7, 11) is 1.59. The summed E-state index contributed by atoms with van der Waals surface area (Å²) in [5.41, 5.74) is 1.10. The fraction of sp³-hybridized carbons (Fsp3) is 0.154. The molecule has 2 aromatic rings. The smallest absolute Gasteiger partial charge is 0.357 e. The Morgan fingerprint density at radius 3 is 2.94 bits per heavy atom. The van der Waals surface area contributed by atoms with Crippen molar-refractivity contribution in [2.75, 3.05) is 7.11 Å². The van der Waals surface area contributed by atoms with Crippen LogP contribution in [-0.4, -0.2) is 23.0 Å². The SMILES string of the molecule is COc1cccc(COC(=O)c2ccncn2)c1. The lowest BCUT2D eigenvalue weighted by atomic mass is 10.2. The van der Waals surface area contributed by atoms with Crippen molar-refractivity contribution in [3.05, 3.63) is 54.1 Å². The lowest BCUT2D eigenvalue weighted by Crippen LogP contribution is -2.07. The Kier molecular flexibility index (Phi) is 3.86. The molecule has 0 saturated heterocycles. The molecule has 18 heavy (non-hydrogen) atoms. The van der Waals surface area contributed by atoms with Gasteiger partial charge >= 0.3 is 5.97 Å². The topological polar surface area (TPSA) is 61.3 Å². The molecule has 92 valence electrons. The molecule has 5 nitrogen and oxygen atoms in total. The number of nitrogens with zero attached hydrogens (tertiary/aromatic N) is 2. The Balaban J connectivity index is 1.97. The van der Waals surface area contributed by atoms with Crippen molar-refractivity contribution in [1.29, 1.82) is 0 Å². The molecular formula is C13H12N2O3. The molecule has 0 spiro atoms. The van der Waals surface area contributed by atoms with E-state index in [1.807, 2.05) is 24.3 Å². The Hall–Kier alpha value is -2.43. The first-order valence-corrected chi connectivity index (χ1v) is 5.35. The summed E-state index contributed by atoms with van der Waals surface area (Å²) in [6, 6.07) is 8.85. The molecule has 0 atom stereocenters. The minimum atomic E-state index is -0.472. The van der Waals surface area contributed by atoms with Crippen LogP contribution < -0.4 is 4.74 Å². The first-order chi connectivity index (χ1) is 8.79. The number of ether oxygens (including phenoxy) is 2. The third-order valence-corrected chi connectivity index (χ3v) is 2.30. The highest BCUT2D eigenvalue weighted by atomic mass is 16.5. The fourth-order valence-electron chi connectivity index (χ4n) is 1.40. The van der Waals surface area contributed by atoms with Crippen molar-refractivity contribution in [1.82, 2.24) is 9.97 Å². The first kappa shape index (κ1) is 12.0. The highest BCUT2D eigenvalue weighted by molar-refractivity contribution is 5.86. The predicted octanol–water partition coefficient (Wildman–Crippen LogP) is 1.84. The number of benzene rings is 1. The molecule has 5 heteroatoms. The molecule has 0 saturated carbocycles. The molecule has 0 aliphatic rings. The van der Waals surface area contributed by atoms with Gasteiger partial charge in [0, 0.05) is 6.20 Å². The Labute approximate surface area is 104 Å². The lowest BCUT2D eigenvalue weighted by Gasteiger charge is -2.05. The summed E-state index contributed by atoms with van der Waals surface area (Å²) in [6.07, 6.45) is 2.80. The molecule has 0 N–H and O–H groups in total. The molecule has 2 rings (SSSR count). The number of aromatic nitrogens is 2. The normalized spacial score (nSPS) is 9.83. The molecule has 1 aromatic heterocycles. The maximum Gasteiger partial charge on any atom is 0.357 e. The maximum atomic E-state index is 11.6. The lowest BCUT2D eigenvalue weighted by molar-refractivity contribution is 0.0465. The van der Waals surface area contributed by atoms with E-state index in [9.17, 15) is 4.79 Å². The van der Waals surface area contributed by atoms with Crippen LogP contribution in [0.5, 0.6) is 5.75 Å². The Morgan fingerprint density at radius 1 is 1.33 bits per heavy atom. The molecule has 0 fully saturated rings. The van der Waals surface area contributed by atoms with Gasteiger partial charge in [-0.1, -0.05) is 12.1 Å². The van der Waals surface area contributed by atoms with E-state index in [4.69, 9.17) is 9.47 Å². The number of esters is 1. The van der Waals surface area contributed by atoms with Gasteiger partial charge in [-0.15, -0.1) is 0 Å². The van der Waals surface area contributed by atoms with Gasteiger partial charge in [-0.2, -0.15) is 0 Å². The van der Waals surface area contributed by atoms with E-state index in [0.717, 1.165) is 11.3 Å². The number of carbonyl (C=O) groups excluding carboxylic acids is 1. The summed E-state index contributed by atoms with van der Waals surface area (Å²) in [6.45, 7) is 0.181. The van der Waals surface area contributed by atoms with Gasteiger partial charge in [-0.25, -0.2) is 14.8 Å². The van der Waals surface area contributed by atoms with E-state index in [1.54, 1.807) is 7.11 Å². The van der Waals surface area contributed by atoms with E-state index in [1.165, 1.54) is 18.6 Å². The van der Waals surface area contributed by atoms with Crippen LogP contribution in [0.15, 0.2) is 42.9 Å². The van der Waals surface area contributed by atoms with Gasteiger partial charge in [0.2, 0.25) is 0 Å². The van der Waals surface area contributed by atoms with Crippen molar-refractivity contribution >= 4 is 5.97 Å². The zero-order valence-corrected chi connectivity index (χ0v) is 9.87. The fourth-order valence-corrected chi connectivity index (χ4v) is 1.40. The quantitative estimate of drug-likeness (QED) is 0.768. The van der Waals surface area contributed by atoms with E-state index >= 15 is 0 Å². The number of methoxy groups -OCH3 is 1. The summed E-state index contributed by atoms with van der Waals surface area (Å²) >= 11 is 0. The zero-order chi connectivity index (χ0) is 12.8. The highest BCUT2D eigenvalue weighted by Gasteiger charge is 2.08. The van der Waals surface area contributed by atoms with Crippen LogP contribution in [0.2, 0.25) is 0 Å². The van der Waals surface area contributed by atoms with Crippen molar-refractivity contribution in [3.63, 3.8) is 0 Å². The van der Waals surface area contributed by atoms with Gasteiger partial charge in [-0.05, 0) is 23.8 Å². The van der Waals surface area contributed by atoms with Crippen LogP contribution >= 0.6 is 0 Å². The van der Waals surface area contributed by atoms with Gasteiger partial charge in [-0.3, -0.25) is 0 Å². The summed E-state index contributed by atoms with van der Waals surface area (Å²) in [5, 5.41) is 0. The van der Waals surface area contributed by atoms with Gasteiger partial charge in [0.15, 0.2) is 5.69 Å². The summed E-state index contributed by atoms with van der Waals surface area (Å²) in [5.74, 6) is 0.255. The summed E-state index contributed by atoms with van der Waals surface area (Å²) in [4.78, 5) is 19.2. The van der Waals surface area contributed by atoms with E-state index in [-0.39, 0.29) is 12.3 Å². The Morgan fingerprint density at radius 2 is 2.22 bits per heavy atom. The number of hydrogen-bond donors (Lipinski definition) is 0. The largest absolute Gasteiger partial charge is 0.497 e. The second-order valence-corrected chi connectivity index (χ2v) is 3.52. The van der Waals surface area contributed by atoms with Crippen LogP contribution in [0.3, 0.4) is 0 Å². The van der Waals surface area contributed by atoms with Crippen LogP contribution in [0, 0.1) is 0 Å². The molecule has 1 heterocycles. The number of carbonyl (C=O) groups is 1. The Bertz CT molecular complexity index is 529. The van der Waals surface area contributed by atoms with Gasteiger partial charge in [0.1, 0.15) is 18.7 Å². The van der Waals surface area contributed by atoms with Crippen molar-refractivity contribution < 1.29 is 14.3 Å². The molecule has 0 amide bonds. The van der Waals surface area contributed by atoms with E-state index in [0.29, 0.717) is 0 Å². The molecular weight excluding hydrogens is 232 g/mol. The second-order valence-electron chi connectivity index (χ2n) is 3.52. The predicted molar refractivity (Wildman–Crippen MR) is 64.1 cm³/mol. The second kappa shape index (κ2) is 5.77. The molecule has 0 radical (unpaired) electrons. The van der Waals surface area contributed by atoms with Crippen molar-refractivity contribution in [3.8, 4) is 5.75 Å². The van der Waals surface area contributed by atoms with Crippen LogP contribution in [0.1, 0.15) is 16.1 Å². The monoisotopic (exact) mass is 244 g/mol. The average molecular weight is 244 g/mol. The average Bonchev–Trinajstić information content (AvgIpc) is 2.46. The third kappa shape index (κ3) is 3.04. The highest BCUT2D eigenvalue weighted by Crippen LogP contribution is 2.13. The maximum absolute atomic E-state index is 11.6. The minimum absolute atomic E-state index is 0.181. The first-order valence-electron chi connectivity index (χ1n) is 5.35. The third-order valence-electron chi connectivity index (χ3n) is 2.30.